The molecule has 0 saturated carbocycles. The Kier molecular flexibility index (Phi) is 5.08. The summed E-state index contributed by atoms with van der Waals surface area (Å²) in [6.07, 6.45) is 8.63. The predicted octanol–water partition coefficient (Wildman–Crippen LogP) is 3.34. The maximum atomic E-state index is 12.9. The Morgan fingerprint density at radius 3 is 2.77 bits per heavy atom. The Bertz CT molecular complexity index is 1270. The predicted molar refractivity (Wildman–Crippen MR) is 119 cm³/mol. The van der Waals surface area contributed by atoms with Crippen LogP contribution in [0.4, 0.5) is 0 Å². The van der Waals surface area contributed by atoms with Crippen molar-refractivity contribution < 1.29 is 4.79 Å². The van der Waals surface area contributed by atoms with Crippen LogP contribution in [0.15, 0.2) is 72.2 Å². The zero-order valence-corrected chi connectivity index (χ0v) is 17.1. The van der Waals surface area contributed by atoms with Gasteiger partial charge in [0.1, 0.15) is 0 Å². The third kappa shape index (κ3) is 3.99. The normalized spacial score (nSPS) is 14.8. The number of rotatable bonds is 4. The number of nitrogens with one attached hydrogen (secondary N) is 1. The van der Waals surface area contributed by atoms with Crippen molar-refractivity contribution in [1.29, 1.82) is 0 Å². The van der Waals surface area contributed by atoms with E-state index in [1.54, 1.807) is 29.4 Å². The Hall–Kier alpha value is -3.74. The Balaban J connectivity index is 1.22. The first kappa shape index (κ1) is 19.2. The number of amides is 1. The molecule has 1 saturated heterocycles. The number of nitrogens with zero attached hydrogens (tertiary/aromatic N) is 4. The monoisotopic (exact) mass is 413 g/mol. The molecule has 4 aromatic rings. The number of aromatic nitrogens is 4. The lowest BCUT2D eigenvalue weighted by molar-refractivity contribution is 0.0682. The van der Waals surface area contributed by atoms with Crippen molar-refractivity contribution in [3.8, 4) is 11.3 Å². The molecule has 0 atom stereocenters. The van der Waals surface area contributed by atoms with Crippen LogP contribution in [-0.4, -0.2) is 43.4 Å². The van der Waals surface area contributed by atoms with Crippen molar-refractivity contribution in [3.05, 3.63) is 83.3 Å². The van der Waals surface area contributed by atoms with Crippen LogP contribution in [-0.2, 0) is 6.54 Å². The largest absolute Gasteiger partial charge is 0.361 e. The number of fused-ring (bicyclic) bond motifs is 1. The Labute approximate surface area is 179 Å². The van der Waals surface area contributed by atoms with Gasteiger partial charge in [0.05, 0.1) is 12.0 Å². The van der Waals surface area contributed by atoms with Gasteiger partial charge in [0.15, 0.2) is 0 Å². The van der Waals surface area contributed by atoms with E-state index in [2.05, 4.69) is 15.0 Å². The lowest BCUT2D eigenvalue weighted by Crippen LogP contribution is -2.40. The number of H-pyrrole nitrogens is 1. The molecule has 0 unspecified atom stereocenters. The fourth-order valence-corrected chi connectivity index (χ4v) is 4.20. The lowest BCUT2D eigenvalue weighted by atomic mass is 9.96. The zero-order chi connectivity index (χ0) is 21.2. The second kappa shape index (κ2) is 8.18. The average Bonchev–Trinajstić information content (AvgIpc) is 3.29. The van der Waals surface area contributed by atoms with Crippen LogP contribution in [0.5, 0.6) is 0 Å². The number of benzene rings is 1. The smallest absolute Gasteiger partial charge is 0.253 e. The van der Waals surface area contributed by atoms with E-state index in [0.29, 0.717) is 36.8 Å². The van der Waals surface area contributed by atoms with E-state index < -0.39 is 0 Å². The summed E-state index contributed by atoms with van der Waals surface area (Å²) >= 11 is 0. The maximum absolute atomic E-state index is 12.9. The zero-order valence-electron chi connectivity index (χ0n) is 17.1. The minimum Gasteiger partial charge on any atom is -0.361 e. The second-order valence-corrected chi connectivity index (χ2v) is 8.02. The number of carbonyl (C=O) groups is 1. The number of hydrogen-bond acceptors (Lipinski definition) is 4. The van der Waals surface area contributed by atoms with Crippen LogP contribution in [0, 0.1) is 5.92 Å². The molecule has 7 nitrogen and oxygen atoms in total. The summed E-state index contributed by atoms with van der Waals surface area (Å²) in [6, 6.07) is 13.0. The molecule has 1 fully saturated rings. The highest BCUT2D eigenvalue weighted by Crippen LogP contribution is 2.22. The number of piperidine rings is 1. The molecule has 1 aliphatic rings. The molecule has 0 bridgehead atoms. The molecule has 1 amide bonds. The van der Waals surface area contributed by atoms with Crippen molar-refractivity contribution in [1.82, 2.24) is 24.4 Å². The summed E-state index contributed by atoms with van der Waals surface area (Å²) in [5.41, 5.74) is 3.08. The van der Waals surface area contributed by atoms with Crippen LogP contribution >= 0.6 is 0 Å². The molecule has 3 aromatic heterocycles. The summed E-state index contributed by atoms with van der Waals surface area (Å²) in [7, 11) is 0. The summed E-state index contributed by atoms with van der Waals surface area (Å²) < 4.78 is 1.67. The van der Waals surface area contributed by atoms with Gasteiger partial charge in [-0.1, -0.05) is 6.07 Å². The van der Waals surface area contributed by atoms with Gasteiger partial charge in [-0.05, 0) is 54.5 Å². The molecule has 31 heavy (non-hydrogen) atoms. The summed E-state index contributed by atoms with van der Waals surface area (Å²) in [4.78, 5) is 39.0. The van der Waals surface area contributed by atoms with Gasteiger partial charge in [0.2, 0.25) is 0 Å². The van der Waals surface area contributed by atoms with Gasteiger partial charge < -0.3 is 9.88 Å². The standard InChI is InChI=1S/C24H23N5O2/c30-23-13-22(20-2-1-8-25-14-20)27-16-29(23)15-17-6-10-28(11-7-17)24(31)19-4-3-18-5-9-26-21(18)12-19/h1-5,8-9,12-14,16-17,26H,6-7,10-11,15H2. The minimum absolute atomic E-state index is 0.0633. The van der Waals surface area contributed by atoms with E-state index >= 15 is 0 Å². The molecular formula is C24H23N5O2. The van der Waals surface area contributed by atoms with Gasteiger partial charge in [-0.25, -0.2) is 4.98 Å². The molecule has 0 aliphatic carbocycles. The number of aromatic amines is 1. The van der Waals surface area contributed by atoms with Crippen LogP contribution in [0.25, 0.3) is 22.2 Å². The molecule has 1 aliphatic heterocycles. The van der Waals surface area contributed by atoms with Gasteiger partial charge >= 0.3 is 0 Å². The number of pyridine rings is 1. The number of likely N-dealkylation sites (tertiary alicyclic amines) is 1. The minimum atomic E-state index is -0.0633. The van der Waals surface area contributed by atoms with Crippen LogP contribution in [0.2, 0.25) is 0 Å². The molecule has 1 aromatic carbocycles. The average molecular weight is 413 g/mol. The van der Waals surface area contributed by atoms with Gasteiger partial charge in [-0.15, -0.1) is 0 Å². The highest BCUT2D eigenvalue weighted by Gasteiger charge is 2.24. The molecule has 5 rings (SSSR count). The molecule has 0 spiro atoms. The van der Waals surface area contributed by atoms with Crippen molar-refractivity contribution in [2.75, 3.05) is 13.1 Å². The summed E-state index contributed by atoms with van der Waals surface area (Å²) in [5, 5.41) is 1.10. The first-order valence-electron chi connectivity index (χ1n) is 10.5. The fourth-order valence-electron chi connectivity index (χ4n) is 4.20. The number of hydrogen-bond donors (Lipinski definition) is 1. The van der Waals surface area contributed by atoms with Gasteiger partial charge in [0, 0.05) is 60.9 Å². The first-order chi connectivity index (χ1) is 15.2. The van der Waals surface area contributed by atoms with E-state index in [1.165, 1.54) is 0 Å². The van der Waals surface area contributed by atoms with E-state index in [9.17, 15) is 9.59 Å². The van der Waals surface area contributed by atoms with Crippen molar-refractivity contribution in [3.63, 3.8) is 0 Å². The Morgan fingerprint density at radius 2 is 2.00 bits per heavy atom. The van der Waals surface area contributed by atoms with Crippen molar-refractivity contribution in [2.24, 2.45) is 5.92 Å². The molecule has 1 N–H and O–H groups in total. The second-order valence-electron chi connectivity index (χ2n) is 8.02. The molecular weight excluding hydrogens is 390 g/mol. The van der Waals surface area contributed by atoms with Gasteiger partial charge in [-0.2, -0.15) is 0 Å². The molecule has 0 radical (unpaired) electrons. The van der Waals surface area contributed by atoms with Crippen LogP contribution in [0.3, 0.4) is 0 Å². The van der Waals surface area contributed by atoms with Gasteiger partial charge in [-0.3, -0.25) is 19.1 Å². The SMILES string of the molecule is O=C(c1ccc2cc[nH]c2c1)N1CCC(Cn2cnc(-c3cccnc3)cc2=O)CC1. The number of carbonyl (C=O) groups excluding carboxylic acids is 1. The highest BCUT2D eigenvalue weighted by molar-refractivity contribution is 5.98. The third-order valence-electron chi connectivity index (χ3n) is 6.00. The quantitative estimate of drug-likeness (QED) is 0.556. The maximum Gasteiger partial charge on any atom is 0.253 e. The van der Waals surface area contributed by atoms with Crippen LogP contribution < -0.4 is 5.56 Å². The molecule has 156 valence electrons. The fraction of sp³-hybridized carbons (Fsp3) is 0.250. The highest BCUT2D eigenvalue weighted by atomic mass is 16.2. The summed E-state index contributed by atoms with van der Waals surface area (Å²) in [5.74, 6) is 0.410. The Morgan fingerprint density at radius 1 is 1.13 bits per heavy atom. The van der Waals surface area contributed by atoms with Crippen molar-refractivity contribution >= 4 is 16.8 Å². The van der Waals surface area contributed by atoms with Crippen molar-refractivity contribution in [2.45, 2.75) is 19.4 Å². The summed E-state index contributed by atoms with van der Waals surface area (Å²) in [6.45, 7) is 2.01. The lowest BCUT2D eigenvalue weighted by Gasteiger charge is -2.32. The van der Waals surface area contributed by atoms with E-state index in [0.717, 1.165) is 29.3 Å². The topological polar surface area (TPSA) is 83.9 Å². The molecule has 7 heteroatoms. The van der Waals surface area contributed by atoms with Gasteiger partial charge in [0.25, 0.3) is 11.5 Å². The van der Waals surface area contributed by atoms with E-state index in [1.807, 2.05) is 47.5 Å². The molecule has 4 heterocycles. The van der Waals surface area contributed by atoms with E-state index in [-0.39, 0.29) is 11.5 Å². The van der Waals surface area contributed by atoms with Crippen LogP contribution in [0.1, 0.15) is 23.2 Å². The van der Waals surface area contributed by atoms with E-state index in [4.69, 9.17) is 0 Å². The first-order valence-corrected chi connectivity index (χ1v) is 10.5. The third-order valence-corrected chi connectivity index (χ3v) is 6.00.